The van der Waals surface area contributed by atoms with Gasteiger partial charge < -0.3 is 25.1 Å². The molecule has 0 fully saturated rings. The van der Waals surface area contributed by atoms with Crippen molar-refractivity contribution in [3.8, 4) is 11.4 Å². The van der Waals surface area contributed by atoms with E-state index >= 15 is 0 Å². The molecule has 0 bridgehead atoms. The summed E-state index contributed by atoms with van der Waals surface area (Å²) in [6.45, 7) is 6.17. The van der Waals surface area contributed by atoms with E-state index in [0.717, 1.165) is 28.4 Å². The number of ether oxygens (including phenoxy) is 2. The van der Waals surface area contributed by atoms with Gasteiger partial charge >= 0.3 is 6.09 Å². The zero-order valence-corrected chi connectivity index (χ0v) is 19.2. The number of methoxy groups -OCH3 is 1. The number of rotatable bonds is 7. The number of hydrogen-bond acceptors (Lipinski definition) is 4. The van der Waals surface area contributed by atoms with E-state index in [-0.39, 0.29) is 18.3 Å². The monoisotopic (exact) mass is 448 g/mol. The van der Waals surface area contributed by atoms with Gasteiger partial charge in [-0.15, -0.1) is 0 Å². The SMILES string of the molecule is CCOC(=O)N=C(N)c1ccc(CNC(=O)c2cc(C)n(-c3ccc(OC)cc3)c2C)cc1. The van der Waals surface area contributed by atoms with Crippen LogP contribution in [0.2, 0.25) is 0 Å². The fourth-order valence-electron chi connectivity index (χ4n) is 3.51. The number of carbonyl (C=O) groups excluding carboxylic acids is 2. The molecule has 0 aliphatic rings. The number of nitrogens with zero attached hydrogens (tertiary/aromatic N) is 2. The molecule has 1 aromatic heterocycles. The Morgan fingerprint density at radius 2 is 1.73 bits per heavy atom. The summed E-state index contributed by atoms with van der Waals surface area (Å²) in [6.07, 6.45) is -0.724. The molecule has 0 radical (unpaired) electrons. The number of hydrogen-bond donors (Lipinski definition) is 2. The topological polar surface area (TPSA) is 108 Å². The van der Waals surface area contributed by atoms with Gasteiger partial charge in [-0.25, -0.2) is 4.79 Å². The Bertz CT molecular complexity index is 1160. The number of benzene rings is 2. The van der Waals surface area contributed by atoms with Gasteiger partial charge in [0.1, 0.15) is 11.6 Å². The van der Waals surface area contributed by atoms with Gasteiger partial charge in [0, 0.05) is 29.2 Å². The van der Waals surface area contributed by atoms with E-state index in [1.54, 1.807) is 26.2 Å². The predicted octanol–water partition coefficient (Wildman–Crippen LogP) is 3.89. The molecular weight excluding hydrogens is 420 g/mol. The Morgan fingerprint density at radius 3 is 2.33 bits per heavy atom. The molecule has 8 heteroatoms. The van der Waals surface area contributed by atoms with Crippen molar-refractivity contribution in [2.75, 3.05) is 13.7 Å². The fraction of sp³-hybridized carbons (Fsp3) is 0.240. The quantitative estimate of drug-likeness (QED) is 0.421. The van der Waals surface area contributed by atoms with Crippen molar-refractivity contribution in [3.05, 3.63) is 82.7 Å². The van der Waals surface area contributed by atoms with Crippen LogP contribution < -0.4 is 15.8 Å². The molecule has 0 spiro atoms. The van der Waals surface area contributed by atoms with Crippen molar-refractivity contribution < 1.29 is 19.1 Å². The molecule has 3 N–H and O–H groups in total. The molecule has 0 atom stereocenters. The van der Waals surface area contributed by atoms with Crippen molar-refractivity contribution >= 4 is 17.8 Å². The van der Waals surface area contributed by atoms with Gasteiger partial charge in [0.15, 0.2) is 0 Å². The first kappa shape index (κ1) is 23.6. The minimum absolute atomic E-state index is 0.0787. The molecule has 3 aromatic rings. The number of nitrogens with two attached hydrogens (primary N) is 1. The Hall–Kier alpha value is -4.07. The van der Waals surface area contributed by atoms with Crippen LogP contribution in [0.5, 0.6) is 5.75 Å². The molecule has 0 saturated carbocycles. The highest BCUT2D eigenvalue weighted by Gasteiger charge is 2.16. The van der Waals surface area contributed by atoms with Gasteiger partial charge in [0.05, 0.1) is 19.3 Å². The molecular formula is C25H28N4O4. The highest BCUT2D eigenvalue weighted by molar-refractivity contribution is 6.02. The average molecular weight is 449 g/mol. The highest BCUT2D eigenvalue weighted by Crippen LogP contribution is 2.23. The molecule has 3 rings (SSSR count). The lowest BCUT2D eigenvalue weighted by Gasteiger charge is -2.11. The van der Waals surface area contributed by atoms with Gasteiger partial charge in [-0.1, -0.05) is 24.3 Å². The second-order valence-corrected chi connectivity index (χ2v) is 7.39. The Balaban J connectivity index is 1.68. The maximum atomic E-state index is 12.9. The van der Waals surface area contributed by atoms with Crippen LogP contribution in [0.3, 0.4) is 0 Å². The lowest BCUT2D eigenvalue weighted by molar-refractivity contribution is 0.0950. The second kappa shape index (κ2) is 10.5. The maximum Gasteiger partial charge on any atom is 0.435 e. The first-order valence-corrected chi connectivity index (χ1v) is 10.6. The molecule has 0 aliphatic carbocycles. The van der Waals surface area contributed by atoms with Gasteiger partial charge in [0.2, 0.25) is 0 Å². The largest absolute Gasteiger partial charge is 0.497 e. The molecule has 0 saturated heterocycles. The van der Waals surface area contributed by atoms with Crippen LogP contribution in [0, 0.1) is 13.8 Å². The summed E-state index contributed by atoms with van der Waals surface area (Å²) in [5, 5.41) is 2.96. The number of nitrogens with one attached hydrogen (secondary N) is 1. The number of aliphatic imine (C=N–C) groups is 1. The Morgan fingerprint density at radius 1 is 1.06 bits per heavy atom. The van der Waals surface area contributed by atoms with Gasteiger partial charge in [-0.05, 0) is 56.7 Å². The van der Waals surface area contributed by atoms with Crippen molar-refractivity contribution in [1.82, 2.24) is 9.88 Å². The normalized spacial score (nSPS) is 11.2. The van der Waals surface area contributed by atoms with E-state index in [0.29, 0.717) is 17.7 Å². The minimum atomic E-state index is -0.724. The van der Waals surface area contributed by atoms with Crippen molar-refractivity contribution in [2.24, 2.45) is 10.7 Å². The van der Waals surface area contributed by atoms with Crippen LogP contribution in [0.25, 0.3) is 5.69 Å². The number of aryl methyl sites for hydroxylation is 1. The molecule has 33 heavy (non-hydrogen) atoms. The second-order valence-electron chi connectivity index (χ2n) is 7.39. The molecule has 2 aromatic carbocycles. The van der Waals surface area contributed by atoms with E-state index in [1.807, 2.05) is 60.9 Å². The number of amidine groups is 1. The first-order chi connectivity index (χ1) is 15.8. The minimum Gasteiger partial charge on any atom is -0.497 e. The molecule has 0 unspecified atom stereocenters. The van der Waals surface area contributed by atoms with E-state index in [1.165, 1.54) is 0 Å². The summed E-state index contributed by atoms with van der Waals surface area (Å²) in [6, 6.07) is 16.7. The molecule has 2 amide bonds. The van der Waals surface area contributed by atoms with Crippen LogP contribution in [-0.2, 0) is 11.3 Å². The summed E-state index contributed by atoms with van der Waals surface area (Å²) < 4.78 is 12.0. The third-order valence-electron chi connectivity index (χ3n) is 5.19. The fourth-order valence-corrected chi connectivity index (χ4v) is 3.51. The van der Waals surface area contributed by atoms with Crippen LogP contribution >= 0.6 is 0 Å². The number of carbonyl (C=O) groups is 2. The highest BCUT2D eigenvalue weighted by atomic mass is 16.5. The summed E-state index contributed by atoms with van der Waals surface area (Å²) >= 11 is 0. The third kappa shape index (κ3) is 5.60. The van der Waals surface area contributed by atoms with Crippen LogP contribution in [0.1, 0.15) is 39.8 Å². The van der Waals surface area contributed by atoms with E-state index < -0.39 is 6.09 Å². The van der Waals surface area contributed by atoms with Gasteiger partial charge in [-0.3, -0.25) is 4.79 Å². The molecule has 1 heterocycles. The smallest absolute Gasteiger partial charge is 0.435 e. The third-order valence-corrected chi connectivity index (χ3v) is 5.19. The van der Waals surface area contributed by atoms with Gasteiger partial charge in [0.25, 0.3) is 5.91 Å². The molecule has 8 nitrogen and oxygen atoms in total. The summed E-state index contributed by atoms with van der Waals surface area (Å²) in [5.41, 5.74) is 10.7. The van der Waals surface area contributed by atoms with Crippen LogP contribution in [0.4, 0.5) is 4.79 Å². The maximum absolute atomic E-state index is 12.9. The van der Waals surface area contributed by atoms with Crippen LogP contribution in [-0.4, -0.2) is 36.1 Å². The van der Waals surface area contributed by atoms with E-state index in [2.05, 4.69) is 10.3 Å². The van der Waals surface area contributed by atoms with Crippen LogP contribution in [0.15, 0.2) is 59.6 Å². The zero-order valence-electron chi connectivity index (χ0n) is 19.2. The first-order valence-electron chi connectivity index (χ1n) is 10.6. The van der Waals surface area contributed by atoms with Crippen molar-refractivity contribution in [1.29, 1.82) is 0 Å². The van der Waals surface area contributed by atoms with E-state index in [4.69, 9.17) is 15.2 Å². The predicted molar refractivity (Wildman–Crippen MR) is 127 cm³/mol. The zero-order chi connectivity index (χ0) is 24.0. The van der Waals surface area contributed by atoms with Crippen molar-refractivity contribution in [3.63, 3.8) is 0 Å². The molecule has 0 aliphatic heterocycles. The average Bonchev–Trinajstić information content (AvgIpc) is 3.11. The molecule has 172 valence electrons. The number of aromatic nitrogens is 1. The Kier molecular flexibility index (Phi) is 7.50. The van der Waals surface area contributed by atoms with E-state index in [9.17, 15) is 9.59 Å². The summed E-state index contributed by atoms with van der Waals surface area (Å²) in [5.74, 6) is 0.699. The van der Waals surface area contributed by atoms with Crippen molar-refractivity contribution in [2.45, 2.75) is 27.3 Å². The number of amides is 2. The lowest BCUT2D eigenvalue weighted by Crippen LogP contribution is -2.23. The summed E-state index contributed by atoms with van der Waals surface area (Å²) in [4.78, 5) is 28.0. The van der Waals surface area contributed by atoms with Gasteiger partial charge in [-0.2, -0.15) is 4.99 Å². The summed E-state index contributed by atoms with van der Waals surface area (Å²) in [7, 11) is 1.63. The lowest BCUT2D eigenvalue weighted by atomic mass is 10.1. The standard InChI is InChI=1S/C25H28N4O4/c1-5-33-25(31)28-23(26)19-8-6-18(7-9-19)15-27-24(30)22-14-16(2)29(17(22)3)20-10-12-21(32-4)13-11-20/h6-14H,5,15H2,1-4H3,(H,27,30)(H2,26,28,31). The Labute approximate surface area is 193 Å².